The Morgan fingerprint density at radius 2 is 2.30 bits per heavy atom. The zero-order chi connectivity index (χ0) is 19.6. The molecule has 3 N–H and O–H groups in total. The highest BCUT2D eigenvalue weighted by Crippen LogP contribution is 2.33. The number of carbonyl (C=O) groups excluding carboxylic acids is 1. The van der Waals surface area contributed by atoms with E-state index in [1.54, 1.807) is 18.5 Å². The SMILES string of the molecule is C=N/C(=C\c1c(-c2cncc([C@@]3(C)CCOC3)n2)cn(C)c1C)NC(N)=O. The van der Waals surface area contributed by atoms with E-state index in [-0.39, 0.29) is 11.2 Å². The number of aromatic nitrogens is 3. The van der Waals surface area contributed by atoms with E-state index < -0.39 is 6.03 Å². The summed E-state index contributed by atoms with van der Waals surface area (Å²) in [6.07, 6.45) is 8.16. The fourth-order valence-corrected chi connectivity index (χ4v) is 3.17. The standard InChI is InChI=1S/C19H24N6O2/c1-12-13(7-17(21-3)24-18(20)26)14(10-25(12)4)15-8-22-9-16(23-15)19(2)5-6-27-11-19/h7-10H,3,5-6,11H2,1-2,4H3,(H3,20,24,26)/b17-7+/t19-/m0/s1. The number of aliphatic imine (C=N–C) groups is 1. The first kappa shape index (κ1) is 18.8. The molecule has 2 amide bonds. The van der Waals surface area contributed by atoms with Gasteiger partial charge in [0, 0.05) is 48.3 Å². The largest absolute Gasteiger partial charge is 0.380 e. The predicted octanol–water partition coefficient (Wildman–Crippen LogP) is 2.14. The number of nitrogens with two attached hydrogens (primary N) is 1. The molecular formula is C19H24N6O2. The molecule has 0 radical (unpaired) electrons. The topological polar surface area (TPSA) is 107 Å². The molecule has 0 bridgehead atoms. The van der Waals surface area contributed by atoms with Crippen LogP contribution in [0.3, 0.4) is 0 Å². The highest BCUT2D eigenvalue weighted by Gasteiger charge is 2.33. The molecule has 27 heavy (non-hydrogen) atoms. The molecule has 1 fully saturated rings. The van der Waals surface area contributed by atoms with Gasteiger partial charge in [-0.25, -0.2) is 14.8 Å². The highest BCUT2D eigenvalue weighted by molar-refractivity contribution is 5.79. The second-order valence-electron chi connectivity index (χ2n) is 6.98. The van der Waals surface area contributed by atoms with Crippen molar-refractivity contribution in [3.8, 4) is 11.3 Å². The Labute approximate surface area is 158 Å². The molecule has 8 heteroatoms. The maximum Gasteiger partial charge on any atom is 0.317 e. The summed E-state index contributed by atoms with van der Waals surface area (Å²) in [5.74, 6) is 0.276. The lowest BCUT2D eigenvalue weighted by atomic mass is 9.86. The van der Waals surface area contributed by atoms with Crippen molar-refractivity contribution in [1.82, 2.24) is 19.9 Å². The number of primary amides is 1. The number of aryl methyl sites for hydroxylation is 1. The molecule has 2 aromatic heterocycles. The van der Waals surface area contributed by atoms with Crippen LogP contribution in [-0.4, -0.2) is 40.5 Å². The Morgan fingerprint density at radius 3 is 2.93 bits per heavy atom. The first-order chi connectivity index (χ1) is 12.8. The van der Waals surface area contributed by atoms with Crippen molar-refractivity contribution in [2.45, 2.75) is 25.7 Å². The smallest absolute Gasteiger partial charge is 0.317 e. The number of hydrogen-bond donors (Lipinski definition) is 2. The first-order valence-electron chi connectivity index (χ1n) is 8.65. The van der Waals surface area contributed by atoms with Crippen LogP contribution in [0.2, 0.25) is 0 Å². The average molecular weight is 368 g/mol. The number of amides is 2. The number of nitrogens with one attached hydrogen (secondary N) is 1. The summed E-state index contributed by atoms with van der Waals surface area (Å²) in [6, 6.07) is -0.695. The number of rotatable bonds is 5. The van der Waals surface area contributed by atoms with E-state index in [9.17, 15) is 4.79 Å². The number of urea groups is 1. The maximum atomic E-state index is 11.2. The van der Waals surface area contributed by atoms with Crippen LogP contribution in [-0.2, 0) is 17.2 Å². The average Bonchev–Trinajstić information content (AvgIpc) is 3.20. The normalized spacial score (nSPS) is 19.9. The van der Waals surface area contributed by atoms with Crippen LogP contribution in [0.5, 0.6) is 0 Å². The summed E-state index contributed by atoms with van der Waals surface area (Å²) in [7, 11) is 1.95. The van der Waals surface area contributed by atoms with Gasteiger partial charge in [0.2, 0.25) is 0 Å². The van der Waals surface area contributed by atoms with E-state index in [0.29, 0.717) is 6.61 Å². The van der Waals surface area contributed by atoms with Gasteiger partial charge in [0.1, 0.15) is 5.82 Å². The Balaban J connectivity index is 2.08. The van der Waals surface area contributed by atoms with E-state index in [1.165, 1.54) is 0 Å². The van der Waals surface area contributed by atoms with Crippen molar-refractivity contribution in [2.24, 2.45) is 17.8 Å². The number of carbonyl (C=O) groups is 1. The summed E-state index contributed by atoms with van der Waals surface area (Å²) in [6.45, 7) is 8.97. The van der Waals surface area contributed by atoms with E-state index in [4.69, 9.17) is 15.5 Å². The van der Waals surface area contributed by atoms with Crippen molar-refractivity contribution < 1.29 is 9.53 Å². The molecule has 3 rings (SSSR count). The lowest BCUT2D eigenvalue weighted by Crippen LogP contribution is -2.27. The summed E-state index contributed by atoms with van der Waals surface area (Å²) in [4.78, 5) is 24.3. The maximum absolute atomic E-state index is 11.2. The van der Waals surface area contributed by atoms with Gasteiger partial charge in [-0.2, -0.15) is 0 Å². The monoisotopic (exact) mass is 368 g/mol. The Bertz CT molecular complexity index is 909. The minimum absolute atomic E-state index is 0.135. The second kappa shape index (κ2) is 7.32. The van der Waals surface area contributed by atoms with Crippen LogP contribution >= 0.6 is 0 Å². The lowest BCUT2D eigenvalue weighted by molar-refractivity contribution is 0.180. The van der Waals surface area contributed by atoms with Crippen molar-refractivity contribution in [1.29, 1.82) is 0 Å². The molecule has 0 unspecified atom stereocenters. The van der Waals surface area contributed by atoms with Gasteiger partial charge in [-0.1, -0.05) is 6.92 Å². The lowest BCUT2D eigenvalue weighted by Gasteiger charge is -2.20. The van der Waals surface area contributed by atoms with Gasteiger partial charge in [0.25, 0.3) is 0 Å². The predicted molar refractivity (Wildman–Crippen MR) is 104 cm³/mol. The number of nitrogens with zero attached hydrogens (tertiary/aromatic N) is 4. The Morgan fingerprint density at radius 1 is 1.52 bits per heavy atom. The van der Waals surface area contributed by atoms with E-state index >= 15 is 0 Å². The number of hydrogen-bond acceptors (Lipinski definition) is 5. The molecule has 0 aliphatic carbocycles. The molecule has 1 aliphatic rings. The summed E-state index contributed by atoms with van der Waals surface area (Å²) in [5, 5.41) is 2.46. The van der Waals surface area contributed by atoms with Crippen molar-refractivity contribution in [3.05, 3.63) is 41.4 Å². The molecule has 2 aromatic rings. The Kier molecular flexibility index (Phi) is 5.09. The van der Waals surface area contributed by atoms with Crippen molar-refractivity contribution in [3.63, 3.8) is 0 Å². The van der Waals surface area contributed by atoms with Crippen LogP contribution in [0, 0.1) is 6.92 Å². The molecule has 142 valence electrons. The molecule has 0 aromatic carbocycles. The molecule has 0 saturated carbocycles. The molecular weight excluding hydrogens is 344 g/mol. The number of ether oxygens (including phenoxy) is 1. The van der Waals surface area contributed by atoms with E-state index in [1.807, 2.05) is 24.7 Å². The zero-order valence-corrected chi connectivity index (χ0v) is 15.8. The molecule has 0 spiro atoms. The summed E-state index contributed by atoms with van der Waals surface area (Å²) >= 11 is 0. The molecule has 8 nitrogen and oxygen atoms in total. The third-order valence-electron chi connectivity index (χ3n) is 4.98. The van der Waals surface area contributed by atoms with E-state index in [0.717, 1.165) is 41.2 Å². The zero-order valence-electron chi connectivity index (χ0n) is 15.8. The van der Waals surface area contributed by atoms with Crippen LogP contribution in [0.25, 0.3) is 17.3 Å². The van der Waals surface area contributed by atoms with Crippen molar-refractivity contribution in [2.75, 3.05) is 13.2 Å². The second-order valence-corrected chi connectivity index (χ2v) is 6.98. The van der Waals surface area contributed by atoms with Gasteiger partial charge >= 0.3 is 6.03 Å². The highest BCUT2D eigenvalue weighted by atomic mass is 16.5. The minimum atomic E-state index is -0.695. The minimum Gasteiger partial charge on any atom is -0.380 e. The molecule has 3 heterocycles. The van der Waals surface area contributed by atoms with Gasteiger partial charge in [-0.05, 0) is 26.1 Å². The van der Waals surface area contributed by atoms with Gasteiger partial charge in [0.05, 0.1) is 24.2 Å². The van der Waals surface area contributed by atoms with Crippen molar-refractivity contribution >= 4 is 18.8 Å². The quantitative estimate of drug-likeness (QED) is 0.788. The van der Waals surface area contributed by atoms with Gasteiger partial charge in [-0.15, -0.1) is 0 Å². The third kappa shape index (κ3) is 3.75. The van der Waals surface area contributed by atoms with Crippen LogP contribution < -0.4 is 11.1 Å². The van der Waals surface area contributed by atoms with Crippen LogP contribution in [0.1, 0.15) is 30.3 Å². The van der Waals surface area contributed by atoms with E-state index in [2.05, 4.69) is 28.9 Å². The Hall–Kier alpha value is -3.00. The summed E-state index contributed by atoms with van der Waals surface area (Å²) in [5.41, 5.74) is 9.47. The third-order valence-corrected chi connectivity index (χ3v) is 4.98. The molecule has 1 aliphatic heterocycles. The van der Waals surface area contributed by atoms with Gasteiger partial charge in [-0.3, -0.25) is 10.3 Å². The van der Waals surface area contributed by atoms with Gasteiger partial charge < -0.3 is 15.0 Å². The molecule has 1 saturated heterocycles. The summed E-state index contributed by atoms with van der Waals surface area (Å²) < 4.78 is 7.55. The molecule has 1 atom stereocenters. The van der Waals surface area contributed by atoms with Crippen LogP contribution in [0.15, 0.2) is 29.4 Å². The first-order valence-corrected chi connectivity index (χ1v) is 8.65. The fraction of sp³-hybridized carbons (Fsp3) is 0.368. The van der Waals surface area contributed by atoms with Crippen LogP contribution in [0.4, 0.5) is 4.79 Å². The van der Waals surface area contributed by atoms with Gasteiger partial charge in [0.15, 0.2) is 0 Å². The fourth-order valence-electron chi connectivity index (χ4n) is 3.17.